The third kappa shape index (κ3) is 2.14. The molecule has 0 saturated carbocycles. The fraction of sp³-hybridized carbons (Fsp3) is 0.294. The van der Waals surface area contributed by atoms with Gasteiger partial charge < -0.3 is 9.47 Å². The zero-order valence-electron chi connectivity index (χ0n) is 11.2. The maximum atomic E-state index is 6.06. The van der Waals surface area contributed by atoms with Gasteiger partial charge in [-0.2, -0.15) is 0 Å². The molecule has 3 nitrogen and oxygen atoms in total. The summed E-state index contributed by atoms with van der Waals surface area (Å²) in [4.78, 5) is 2.40. The normalized spacial score (nSPS) is 24.4. The lowest BCUT2D eigenvalue weighted by Crippen LogP contribution is -2.38. The molecule has 0 radical (unpaired) electrons. The first-order valence-corrected chi connectivity index (χ1v) is 7.07. The van der Waals surface area contributed by atoms with Gasteiger partial charge in [0.15, 0.2) is 11.5 Å². The number of ether oxygens (including phenoxy) is 2. The first-order chi connectivity index (χ1) is 9.88. The van der Waals surface area contributed by atoms with Crippen molar-refractivity contribution in [1.82, 2.24) is 4.90 Å². The second-order valence-electron chi connectivity index (χ2n) is 5.44. The summed E-state index contributed by atoms with van der Waals surface area (Å²) in [6.07, 6.45) is 0.294. The van der Waals surface area contributed by atoms with E-state index in [0.29, 0.717) is 0 Å². The van der Waals surface area contributed by atoms with E-state index in [-0.39, 0.29) is 12.2 Å². The van der Waals surface area contributed by atoms with Crippen molar-refractivity contribution < 1.29 is 9.47 Å². The van der Waals surface area contributed by atoms with Crippen LogP contribution in [0, 0.1) is 0 Å². The molecule has 1 saturated heterocycles. The summed E-state index contributed by atoms with van der Waals surface area (Å²) in [7, 11) is 0. The third-order valence-corrected chi connectivity index (χ3v) is 3.95. The van der Waals surface area contributed by atoms with E-state index in [4.69, 9.17) is 9.47 Å². The molecule has 2 aliphatic heterocycles. The minimum Gasteiger partial charge on any atom is -0.481 e. The molecule has 2 aromatic rings. The number of benzene rings is 2. The molecule has 0 aromatic heterocycles. The van der Waals surface area contributed by atoms with Crippen LogP contribution in [0.3, 0.4) is 0 Å². The Morgan fingerprint density at radius 3 is 1.95 bits per heavy atom. The second-order valence-corrected chi connectivity index (χ2v) is 5.44. The van der Waals surface area contributed by atoms with Crippen molar-refractivity contribution in [3.05, 3.63) is 60.2 Å². The Bertz CT molecular complexity index is 566. The predicted octanol–water partition coefficient (Wildman–Crippen LogP) is 2.71. The van der Waals surface area contributed by atoms with Crippen LogP contribution < -0.4 is 9.47 Å². The van der Waals surface area contributed by atoms with Gasteiger partial charge in [-0.05, 0) is 17.7 Å². The van der Waals surface area contributed by atoms with E-state index in [1.807, 2.05) is 24.3 Å². The molecule has 0 aliphatic carbocycles. The highest BCUT2D eigenvalue weighted by atomic mass is 16.6. The van der Waals surface area contributed by atoms with Crippen LogP contribution in [0.4, 0.5) is 0 Å². The molecule has 2 atom stereocenters. The number of para-hydroxylation sites is 2. The molecule has 4 rings (SSSR count). The lowest BCUT2D eigenvalue weighted by molar-refractivity contribution is 0.0552. The van der Waals surface area contributed by atoms with Crippen molar-refractivity contribution in [2.75, 3.05) is 13.1 Å². The van der Waals surface area contributed by atoms with Crippen LogP contribution >= 0.6 is 0 Å². The molecule has 0 amide bonds. The van der Waals surface area contributed by atoms with Gasteiger partial charge in [-0.3, -0.25) is 4.90 Å². The van der Waals surface area contributed by atoms with E-state index in [9.17, 15) is 0 Å². The largest absolute Gasteiger partial charge is 0.481 e. The fourth-order valence-corrected chi connectivity index (χ4v) is 2.99. The van der Waals surface area contributed by atoms with Gasteiger partial charge in [0.05, 0.1) is 0 Å². The Morgan fingerprint density at radius 2 is 1.35 bits per heavy atom. The van der Waals surface area contributed by atoms with Gasteiger partial charge in [-0.15, -0.1) is 0 Å². The molecule has 0 bridgehead atoms. The smallest absolute Gasteiger partial charge is 0.161 e. The van der Waals surface area contributed by atoms with Crippen molar-refractivity contribution >= 4 is 0 Å². The molecule has 0 spiro atoms. The van der Waals surface area contributed by atoms with Crippen molar-refractivity contribution in [2.45, 2.75) is 18.8 Å². The van der Waals surface area contributed by atoms with Crippen molar-refractivity contribution in [1.29, 1.82) is 0 Å². The molecule has 2 heterocycles. The van der Waals surface area contributed by atoms with Crippen LogP contribution in [0.15, 0.2) is 54.6 Å². The SMILES string of the molecule is c1ccc(CN2C[C@@H]3Oc4ccccc4O[C@H]3C2)cc1. The molecule has 2 aliphatic rings. The number of hydrogen-bond donors (Lipinski definition) is 0. The minimum absolute atomic E-state index is 0.147. The van der Waals surface area contributed by atoms with Crippen molar-refractivity contribution in [3.8, 4) is 11.5 Å². The van der Waals surface area contributed by atoms with Crippen molar-refractivity contribution in [2.24, 2.45) is 0 Å². The Morgan fingerprint density at radius 1 is 0.800 bits per heavy atom. The average molecular weight is 267 g/mol. The van der Waals surface area contributed by atoms with Crippen LogP contribution in [-0.4, -0.2) is 30.2 Å². The van der Waals surface area contributed by atoms with Gasteiger partial charge in [-0.1, -0.05) is 42.5 Å². The number of rotatable bonds is 2. The summed E-state index contributed by atoms with van der Waals surface area (Å²) in [5, 5.41) is 0. The number of nitrogens with zero attached hydrogens (tertiary/aromatic N) is 1. The van der Waals surface area contributed by atoms with Crippen LogP contribution in [0.25, 0.3) is 0 Å². The van der Waals surface area contributed by atoms with E-state index in [1.54, 1.807) is 0 Å². The summed E-state index contributed by atoms with van der Waals surface area (Å²) < 4.78 is 12.1. The lowest BCUT2D eigenvalue weighted by Gasteiger charge is -2.28. The molecular formula is C17H17NO2. The second kappa shape index (κ2) is 4.84. The third-order valence-electron chi connectivity index (χ3n) is 3.95. The van der Waals surface area contributed by atoms with E-state index < -0.39 is 0 Å². The highest BCUT2D eigenvalue weighted by Crippen LogP contribution is 2.36. The summed E-state index contributed by atoms with van der Waals surface area (Å²) in [5.41, 5.74) is 1.34. The van der Waals surface area contributed by atoms with Gasteiger partial charge >= 0.3 is 0 Å². The topological polar surface area (TPSA) is 21.7 Å². The zero-order chi connectivity index (χ0) is 13.4. The maximum absolute atomic E-state index is 6.06. The molecule has 1 fully saturated rings. The first-order valence-electron chi connectivity index (χ1n) is 7.07. The average Bonchev–Trinajstić information content (AvgIpc) is 2.86. The number of likely N-dealkylation sites (tertiary alicyclic amines) is 1. The highest BCUT2D eigenvalue weighted by Gasteiger charge is 2.39. The number of hydrogen-bond acceptors (Lipinski definition) is 3. The molecular weight excluding hydrogens is 250 g/mol. The van der Waals surface area contributed by atoms with Crippen LogP contribution in [0.5, 0.6) is 11.5 Å². The Hall–Kier alpha value is -2.00. The standard InChI is InChI=1S/C17H17NO2/c1-2-6-13(7-3-1)10-18-11-16-17(12-18)20-15-9-5-4-8-14(15)19-16/h1-9,16-17H,10-12H2/t16-,17-/m0/s1. The molecule has 102 valence electrons. The number of fused-ring (bicyclic) bond motifs is 2. The molecule has 3 heteroatoms. The molecule has 0 N–H and O–H groups in total. The Balaban J connectivity index is 1.47. The maximum Gasteiger partial charge on any atom is 0.161 e. The predicted molar refractivity (Wildman–Crippen MR) is 77.0 cm³/mol. The Labute approximate surface area is 118 Å². The molecule has 0 unspecified atom stereocenters. The fourth-order valence-electron chi connectivity index (χ4n) is 2.99. The van der Waals surface area contributed by atoms with Gasteiger partial charge in [0.1, 0.15) is 12.2 Å². The lowest BCUT2D eigenvalue weighted by atomic mass is 10.2. The summed E-state index contributed by atoms with van der Waals surface area (Å²) >= 11 is 0. The first kappa shape index (κ1) is 11.8. The summed E-state index contributed by atoms with van der Waals surface area (Å²) in [6.45, 7) is 2.80. The van der Waals surface area contributed by atoms with Crippen LogP contribution in [0.2, 0.25) is 0 Å². The Kier molecular flexibility index (Phi) is 2.85. The van der Waals surface area contributed by atoms with E-state index in [2.05, 4.69) is 35.2 Å². The summed E-state index contributed by atoms with van der Waals surface area (Å²) in [6, 6.07) is 18.5. The monoisotopic (exact) mass is 267 g/mol. The van der Waals surface area contributed by atoms with Gasteiger partial charge in [0.2, 0.25) is 0 Å². The van der Waals surface area contributed by atoms with E-state index in [1.165, 1.54) is 5.56 Å². The van der Waals surface area contributed by atoms with Crippen LogP contribution in [-0.2, 0) is 6.54 Å². The summed E-state index contributed by atoms with van der Waals surface area (Å²) in [5.74, 6) is 1.74. The minimum atomic E-state index is 0.147. The van der Waals surface area contributed by atoms with E-state index >= 15 is 0 Å². The molecule has 20 heavy (non-hydrogen) atoms. The van der Waals surface area contributed by atoms with Gasteiger partial charge in [-0.25, -0.2) is 0 Å². The quantitative estimate of drug-likeness (QED) is 0.835. The highest BCUT2D eigenvalue weighted by molar-refractivity contribution is 5.41. The van der Waals surface area contributed by atoms with Crippen molar-refractivity contribution in [3.63, 3.8) is 0 Å². The van der Waals surface area contributed by atoms with Crippen LogP contribution in [0.1, 0.15) is 5.56 Å². The van der Waals surface area contributed by atoms with Gasteiger partial charge in [0.25, 0.3) is 0 Å². The van der Waals surface area contributed by atoms with E-state index in [0.717, 1.165) is 31.1 Å². The zero-order valence-corrected chi connectivity index (χ0v) is 11.2. The molecule has 2 aromatic carbocycles. The van der Waals surface area contributed by atoms with Gasteiger partial charge in [0, 0.05) is 19.6 Å².